The molecule has 2 nitrogen and oxygen atoms in total. The lowest BCUT2D eigenvalue weighted by atomic mass is 10.0. The predicted molar refractivity (Wildman–Crippen MR) is 64.1 cm³/mol. The topological polar surface area (TPSA) is 29.5 Å². The van der Waals surface area contributed by atoms with Gasteiger partial charge in [-0.3, -0.25) is 0 Å². The number of ether oxygens (including phenoxy) is 1. The summed E-state index contributed by atoms with van der Waals surface area (Å²) in [4.78, 5) is 0. The molecule has 2 unspecified atom stereocenters. The van der Waals surface area contributed by atoms with Crippen LogP contribution in [0.4, 0.5) is 8.78 Å². The van der Waals surface area contributed by atoms with Gasteiger partial charge in [-0.05, 0) is 49.8 Å². The van der Waals surface area contributed by atoms with Crippen LogP contribution in [0.2, 0.25) is 0 Å². The molecule has 1 aromatic carbocycles. The van der Waals surface area contributed by atoms with Gasteiger partial charge in [-0.15, -0.1) is 0 Å². The second-order valence-corrected chi connectivity index (χ2v) is 4.76. The summed E-state index contributed by atoms with van der Waals surface area (Å²) < 4.78 is 31.2. The maximum atomic E-state index is 13.0. The van der Waals surface area contributed by atoms with Crippen LogP contribution in [0.25, 0.3) is 0 Å². The zero-order valence-corrected chi connectivity index (χ0v) is 10.2. The summed E-state index contributed by atoms with van der Waals surface area (Å²) in [6.07, 6.45) is 4.05. The molecular formula is C14H18F2O2. The van der Waals surface area contributed by atoms with Gasteiger partial charge in [0, 0.05) is 6.61 Å². The van der Waals surface area contributed by atoms with Crippen molar-refractivity contribution in [2.75, 3.05) is 6.61 Å². The monoisotopic (exact) mass is 256 g/mol. The van der Waals surface area contributed by atoms with E-state index in [1.807, 2.05) is 0 Å². The first-order valence-corrected chi connectivity index (χ1v) is 6.41. The molecule has 0 saturated carbocycles. The smallest absolute Gasteiger partial charge is 0.159 e. The third-order valence-electron chi connectivity index (χ3n) is 3.36. The molecule has 0 aromatic heterocycles. The highest BCUT2D eigenvalue weighted by atomic mass is 19.2. The number of benzene rings is 1. The van der Waals surface area contributed by atoms with Gasteiger partial charge in [0.2, 0.25) is 0 Å². The molecule has 18 heavy (non-hydrogen) atoms. The predicted octanol–water partition coefficient (Wildman–Crippen LogP) is 3.35. The van der Waals surface area contributed by atoms with E-state index < -0.39 is 17.7 Å². The molecule has 1 heterocycles. The van der Waals surface area contributed by atoms with Crippen molar-refractivity contribution >= 4 is 0 Å². The van der Waals surface area contributed by atoms with Crippen molar-refractivity contribution in [3.63, 3.8) is 0 Å². The molecule has 1 saturated heterocycles. The highest BCUT2D eigenvalue weighted by Gasteiger charge is 2.16. The van der Waals surface area contributed by atoms with E-state index in [-0.39, 0.29) is 0 Å². The fraction of sp³-hybridized carbons (Fsp3) is 0.571. The van der Waals surface area contributed by atoms with Crippen molar-refractivity contribution in [1.82, 2.24) is 0 Å². The Hall–Kier alpha value is -1.00. The van der Waals surface area contributed by atoms with E-state index in [4.69, 9.17) is 4.74 Å². The number of halogens is 2. The fourth-order valence-electron chi connectivity index (χ4n) is 2.30. The SMILES string of the molecule is OC(CCCC1CCCO1)c1ccc(F)c(F)c1. The lowest BCUT2D eigenvalue weighted by Gasteiger charge is -2.13. The summed E-state index contributed by atoms with van der Waals surface area (Å²) in [5.41, 5.74) is 0.432. The minimum absolute atomic E-state index is 0.308. The van der Waals surface area contributed by atoms with Crippen molar-refractivity contribution in [2.45, 2.75) is 44.3 Å². The molecule has 1 fully saturated rings. The standard InChI is InChI=1S/C14H18F2O2/c15-12-7-6-10(9-13(12)16)14(17)5-1-3-11-4-2-8-18-11/h6-7,9,11,14,17H,1-5,8H2. The van der Waals surface area contributed by atoms with E-state index in [0.717, 1.165) is 44.4 Å². The van der Waals surface area contributed by atoms with Gasteiger partial charge >= 0.3 is 0 Å². The Morgan fingerprint density at radius 3 is 2.83 bits per heavy atom. The van der Waals surface area contributed by atoms with Crippen molar-refractivity contribution in [3.8, 4) is 0 Å². The van der Waals surface area contributed by atoms with Crippen LogP contribution in [-0.2, 0) is 4.74 Å². The van der Waals surface area contributed by atoms with Gasteiger partial charge in [0.25, 0.3) is 0 Å². The van der Waals surface area contributed by atoms with Gasteiger partial charge in [-0.25, -0.2) is 8.78 Å². The molecule has 2 atom stereocenters. The zero-order chi connectivity index (χ0) is 13.0. The van der Waals surface area contributed by atoms with Gasteiger partial charge in [-0.1, -0.05) is 6.07 Å². The van der Waals surface area contributed by atoms with E-state index >= 15 is 0 Å². The molecule has 1 aromatic rings. The molecule has 1 N–H and O–H groups in total. The first kappa shape index (κ1) is 13.4. The molecule has 0 aliphatic carbocycles. The molecule has 0 radical (unpaired) electrons. The summed E-state index contributed by atoms with van der Waals surface area (Å²) in [6.45, 7) is 0.830. The van der Waals surface area contributed by atoms with E-state index in [1.165, 1.54) is 6.07 Å². The van der Waals surface area contributed by atoms with Crippen LogP contribution in [0.3, 0.4) is 0 Å². The minimum Gasteiger partial charge on any atom is -0.388 e. The van der Waals surface area contributed by atoms with Crippen LogP contribution in [0, 0.1) is 11.6 Å². The number of hydrogen-bond acceptors (Lipinski definition) is 2. The molecular weight excluding hydrogens is 238 g/mol. The Balaban J connectivity index is 1.79. The van der Waals surface area contributed by atoms with Gasteiger partial charge in [0.1, 0.15) is 0 Å². The van der Waals surface area contributed by atoms with Crippen LogP contribution in [0.5, 0.6) is 0 Å². The Morgan fingerprint density at radius 1 is 1.33 bits per heavy atom. The van der Waals surface area contributed by atoms with Crippen molar-refractivity contribution < 1.29 is 18.6 Å². The van der Waals surface area contributed by atoms with Crippen molar-refractivity contribution in [2.24, 2.45) is 0 Å². The molecule has 2 rings (SSSR count). The van der Waals surface area contributed by atoms with Crippen LogP contribution in [0.15, 0.2) is 18.2 Å². The Morgan fingerprint density at radius 2 is 2.17 bits per heavy atom. The van der Waals surface area contributed by atoms with E-state index in [1.54, 1.807) is 0 Å². The lowest BCUT2D eigenvalue weighted by Crippen LogP contribution is -2.06. The average Bonchev–Trinajstić information content (AvgIpc) is 2.85. The highest BCUT2D eigenvalue weighted by Crippen LogP contribution is 2.24. The van der Waals surface area contributed by atoms with Crippen LogP contribution < -0.4 is 0 Å². The fourth-order valence-corrected chi connectivity index (χ4v) is 2.30. The zero-order valence-electron chi connectivity index (χ0n) is 10.2. The number of aliphatic hydroxyl groups excluding tert-OH is 1. The lowest BCUT2D eigenvalue weighted by molar-refractivity contribution is 0.0944. The molecule has 1 aliphatic rings. The molecule has 1 aliphatic heterocycles. The normalized spacial score (nSPS) is 21.2. The largest absolute Gasteiger partial charge is 0.388 e. The van der Waals surface area contributed by atoms with E-state index in [2.05, 4.69) is 0 Å². The maximum Gasteiger partial charge on any atom is 0.159 e. The molecule has 0 amide bonds. The summed E-state index contributed by atoms with van der Waals surface area (Å²) >= 11 is 0. The highest BCUT2D eigenvalue weighted by molar-refractivity contribution is 5.19. The van der Waals surface area contributed by atoms with Crippen molar-refractivity contribution in [1.29, 1.82) is 0 Å². The molecule has 0 bridgehead atoms. The summed E-state index contributed by atoms with van der Waals surface area (Å²) in [6, 6.07) is 3.54. The number of aliphatic hydroxyl groups is 1. The minimum atomic E-state index is -0.911. The number of rotatable bonds is 5. The van der Waals surface area contributed by atoms with Crippen LogP contribution in [-0.4, -0.2) is 17.8 Å². The van der Waals surface area contributed by atoms with E-state index in [0.29, 0.717) is 18.1 Å². The Kier molecular flexibility index (Phi) is 4.66. The summed E-state index contributed by atoms with van der Waals surface area (Å²) in [7, 11) is 0. The number of hydrogen-bond donors (Lipinski definition) is 1. The van der Waals surface area contributed by atoms with Crippen LogP contribution >= 0.6 is 0 Å². The third kappa shape index (κ3) is 3.50. The quantitative estimate of drug-likeness (QED) is 0.875. The van der Waals surface area contributed by atoms with Gasteiger partial charge in [0.05, 0.1) is 12.2 Å². The summed E-state index contributed by atoms with van der Waals surface area (Å²) in [5, 5.41) is 9.88. The van der Waals surface area contributed by atoms with Gasteiger partial charge < -0.3 is 9.84 Å². The molecule has 4 heteroatoms. The maximum absolute atomic E-state index is 13.0. The Bertz CT molecular complexity index is 389. The first-order chi connectivity index (χ1) is 8.66. The van der Waals surface area contributed by atoms with Crippen LogP contribution in [0.1, 0.15) is 43.8 Å². The second kappa shape index (κ2) is 6.25. The van der Waals surface area contributed by atoms with Gasteiger partial charge in [-0.2, -0.15) is 0 Å². The van der Waals surface area contributed by atoms with Gasteiger partial charge in [0.15, 0.2) is 11.6 Å². The first-order valence-electron chi connectivity index (χ1n) is 6.41. The molecule has 100 valence electrons. The third-order valence-corrected chi connectivity index (χ3v) is 3.36. The second-order valence-electron chi connectivity index (χ2n) is 4.76. The average molecular weight is 256 g/mol. The summed E-state index contributed by atoms with van der Waals surface area (Å²) in [5.74, 6) is -1.80. The molecule has 0 spiro atoms. The Labute approximate surface area is 106 Å². The van der Waals surface area contributed by atoms with E-state index in [9.17, 15) is 13.9 Å². The van der Waals surface area contributed by atoms with Crippen molar-refractivity contribution in [3.05, 3.63) is 35.4 Å².